The molecule has 166 valence electrons. The molecule has 0 unspecified atom stereocenters. The van der Waals surface area contributed by atoms with Gasteiger partial charge < -0.3 is 10.6 Å². The summed E-state index contributed by atoms with van der Waals surface area (Å²) >= 11 is 0. The molecular formula is C22H33N3O4S. The monoisotopic (exact) mass is 435 g/mol. The summed E-state index contributed by atoms with van der Waals surface area (Å²) < 4.78 is 27.2. The lowest BCUT2D eigenvalue weighted by atomic mass is 9.86. The number of piperidine rings is 1. The summed E-state index contributed by atoms with van der Waals surface area (Å²) in [4.78, 5) is 23.6. The fraction of sp³-hybridized carbons (Fsp3) is 0.636. The SMILES string of the molecule is CC(=O)Nc1ccc(S(=O)(=O)N2CCC(NC(=O)CCC3CCCCC3)CC2)cc1. The molecule has 1 saturated heterocycles. The van der Waals surface area contributed by atoms with E-state index in [2.05, 4.69) is 10.6 Å². The zero-order valence-electron chi connectivity index (χ0n) is 17.7. The molecule has 1 aromatic rings. The number of amides is 2. The number of nitrogens with one attached hydrogen (secondary N) is 2. The van der Waals surface area contributed by atoms with Gasteiger partial charge in [0.2, 0.25) is 21.8 Å². The van der Waals surface area contributed by atoms with Crippen LogP contribution in [-0.4, -0.2) is 43.7 Å². The van der Waals surface area contributed by atoms with Crippen molar-refractivity contribution in [2.75, 3.05) is 18.4 Å². The fourth-order valence-corrected chi connectivity index (χ4v) is 5.88. The number of benzene rings is 1. The van der Waals surface area contributed by atoms with Gasteiger partial charge in [0, 0.05) is 38.2 Å². The van der Waals surface area contributed by atoms with Crippen molar-refractivity contribution in [3.8, 4) is 0 Å². The van der Waals surface area contributed by atoms with Crippen LogP contribution in [0.3, 0.4) is 0 Å². The van der Waals surface area contributed by atoms with Crippen LogP contribution in [0.25, 0.3) is 0 Å². The number of hydrogen-bond acceptors (Lipinski definition) is 4. The van der Waals surface area contributed by atoms with E-state index in [1.54, 1.807) is 12.1 Å². The van der Waals surface area contributed by atoms with E-state index < -0.39 is 10.0 Å². The van der Waals surface area contributed by atoms with Gasteiger partial charge in [-0.3, -0.25) is 9.59 Å². The summed E-state index contributed by atoms with van der Waals surface area (Å²) in [5.41, 5.74) is 0.566. The molecule has 2 fully saturated rings. The first kappa shape index (κ1) is 22.7. The predicted molar refractivity (Wildman–Crippen MR) is 116 cm³/mol. The van der Waals surface area contributed by atoms with Crippen LogP contribution in [-0.2, 0) is 19.6 Å². The maximum Gasteiger partial charge on any atom is 0.243 e. The maximum absolute atomic E-state index is 12.9. The van der Waals surface area contributed by atoms with Crippen LogP contribution >= 0.6 is 0 Å². The molecule has 7 nitrogen and oxygen atoms in total. The van der Waals surface area contributed by atoms with Crippen molar-refractivity contribution >= 4 is 27.5 Å². The van der Waals surface area contributed by atoms with Crippen LogP contribution < -0.4 is 10.6 Å². The number of nitrogens with zero attached hydrogens (tertiary/aromatic N) is 1. The Bertz CT molecular complexity index is 824. The summed E-state index contributed by atoms with van der Waals surface area (Å²) in [7, 11) is -3.58. The van der Waals surface area contributed by atoms with Crippen molar-refractivity contribution in [2.24, 2.45) is 5.92 Å². The average molecular weight is 436 g/mol. The first-order chi connectivity index (χ1) is 14.3. The highest BCUT2D eigenvalue weighted by molar-refractivity contribution is 7.89. The molecule has 2 aliphatic rings. The van der Waals surface area contributed by atoms with Crippen LogP contribution in [0.5, 0.6) is 0 Å². The molecule has 1 aliphatic carbocycles. The molecule has 0 aromatic heterocycles. The topological polar surface area (TPSA) is 95.6 Å². The summed E-state index contributed by atoms with van der Waals surface area (Å²) in [5.74, 6) is 0.581. The fourth-order valence-electron chi connectivity index (χ4n) is 4.41. The highest BCUT2D eigenvalue weighted by Crippen LogP contribution is 2.27. The Hall–Kier alpha value is -1.93. The number of rotatable bonds is 7. The van der Waals surface area contributed by atoms with Crippen LogP contribution in [0.4, 0.5) is 5.69 Å². The third-order valence-electron chi connectivity index (χ3n) is 6.14. The van der Waals surface area contributed by atoms with Gasteiger partial charge in [-0.15, -0.1) is 0 Å². The maximum atomic E-state index is 12.9. The Balaban J connectivity index is 1.45. The van der Waals surface area contributed by atoms with Gasteiger partial charge in [-0.2, -0.15) is 4.31 Å². The Kier molecular flexibility index (Phi) is 7.88. The second-order valence-corrected chi connectivity index (χ2v) is 10.4. The summed E-state index contributed by atoms with van der Waals surface area (Å²) in [5, 5.41) is 5.73. The second kappa shape index (κ2) is 10.4. The van der Waals surface area contributed by atoms with Crippen molar-refractivity contribution in [1.29, 1.82) is 0 Å². The standard InChI is InChI=1S/C22H33N3O4S/c1-17(26)23-19-8-10-21(11-9-19)30(28,29)25-15-13-20(14-16-25)24-22(27)12-7-18-5-3-2-4-6-18/h8-11,18,20H,2-7,12-16H2,1H3,(H,23,26)(H,24,27). The molecule has 2 amide bonds. The largest absolute Gasteiger partial charge is 0.353 e. The second-order valence-electron chi connectivity index (χ2n) is 8.49. The van der Waals surface area contributed by atoms with Crippen LogP contribution in [0.15, 0.2) is 29.2 Å². The minimum absolute atomic E-state index is 0.0393. The molecule has 3 rings (SSSR count). The molecule has 1 aliphatic heterocycles. The van der Waals surface area contributed by atoms with Crippen molar-refractivity contribution in [3.63, 3.8) is 0 Å². The zero-order valence-corrected chi connectivity index (χ0v) is 18.5. The molecule has 0 radical (unpaired) electrons. The van der Waals surface area contributed by atoms with E-state index in [0.29, 0.717) is 44.0 Å². The number of hydrogen-bond donors (Lipinski definition) is 2. The smallest absolute Gasteiger partial charge is 0.243 e. The summed E-state index contributed by atoms with van der Waals surface area (Å²) in [6.45, 7) is 2.19. The third-order valence-corrected chi connectivity index (χ3v) is 8.05. The molecular weight excluding hydrogens is 402 g/mol. The van der Waals surface area contributed by atoms with E-state index in [1.807, 2.05) is 0 Å². The van der Waals surface area contributed by atoms with Crippen molar-refractivity contribution < 1.29 is 18.0 Å². The van der Waals surface area contributed by atoms with Crippen molar-refractivity contribution in [1.82, 2.24) is 9.62 Å². The molecule has 0 spiro atoms. The van der Waals surface area contributed by atoms with E-state index in [0.717, 1.165) is 6.42 Å². The predicted octanol–water partition coefficient (Wildman–Crippen LogP) is 3.27. The summed E-state index contributed by atoms with van der Waals surface area (Å²) in [6.07, 6.45) is 9.17. The van der Waals surface area contributed by atoms with E-state index >= 15 is 0 Å². The molecule has 2 N–H and O–H groups in total. The van der Waals surface area contributed by atoms with Gasteiger partial charge in [0.1, 0.15) is 0 Å². The zero-order chi connectivity index (χ0) is 21.6. The van der Waals surface area contributed by atoms with E-state index in [9.17, 15) is 18.0 Å². The molecule has 1 saturated carbocycles. The van der Waals surface area contributed by atoms with Crippen LogP contribution in [0.1, 0.15) is 64.7 Å². The Labute approximate surface area is 179 Å². The van der Waals surface area contributed by atoms with Crippen LogP contribution in [0, 0.1) is 5.92 Å². The highest BCUT2D eigenvalue weighted by atomic mass is 32.2. The Morgan fingerprint density at radius 3 is 2.23 bits per heavy atom. The number of sulfonamides is 1. The van der Waals surface area contributed by atoms with E-state index in [1.165, 1.54) is 55.5 Å². The summed E-state index contributed by atoms with van der Waals surface area (Å²) in [6, 6.07) is 6.25. The van der Waals surface area contributed by atoms with Gasteiger partial charge in [-0.05, 0) is 49.4 Å². The molecule has 1 heterocycles. The first-order valence-electron chi connectivity index (χ1n) is 11.0. The normalized spacial score (nSPS) is 19.4. The Morgan fingerprint density at radius 2 is 1.63 bits per heavy atom. The highest BCUT2D eigenvalue weighted by Gasteiger charge is 2.30. The van der Waals surface area contributed by atoms with Gasteiger partial charge in [0.25, 0.3) is 0 Å². The number of anilines is 1. The molecule has 0 atom stereocenters. The minimum atomic E-state index is -3.58. The number of carbonyl (C=O) groups is 2. The minimum Gasteiger partial charge on any atom is -0.353 e. The van der Waals surface area contributed by atoms with Gasteiger partial charge in [-0.25, -0.2) is 8.42 Å². The van der Waals surface area contributed by atoms with Gasteiger partial charge in [0.15, 0.2) is 0 Å². The van der Waals surface area contributed by atoms with Crippen molar-refractivity contribution in [3.05, 3.63) is 24.3 Å². The Morgan fingerprint density at radius 1 is 1.00 bits per heavy atom. The quantitative estimate of drug-likeness (QED) is 0.687. The average Bonchev–Trinajstić information content (AvgIpc) is 2.73. The van der Waals surface area contributed by atoms with Gasteiger partial charge >= 0.3 is 0 Å². The lowest BCUT2D eigenvalue weighted by Gasteiger charge is -2.31. The third kappa shape index (κ3) is 6.28. The van der Waals surface area contributed by atoms with Gasteiger partial charge in [-0.1, -0.05) is 32.1 Å². The lowest BCUT2D eigenvalue weighted by Crippen LogP contribution is -2.46. The molecule has 1 aromatic carbocycles. The van der Waals surface area contributed by atoms with Crippen molar-refractivity contribution in [2.45, 2.75) is 75.6 Å². The van der Waals surface area contributed by atoms with Gasteiger partial charge in [0.05, 0.1) is 4.90 Å². The first-order valence-corrected chi connectivity index (χ1v) is 12.5. The van der Waals surface area contributed by atoms with Crippen LogP contribution in [0.2, 0.25) is 0 Å². The molecule has 8 heteroatoms. The lowest BCUT2D eigenvalue weighted by molar-refractivity contribution is -0.122. The van der Waals surface area contributed by atoms with E-state index in [4.69, 9.17) is 0 Å². The number of carbonyl (C=O) groups excluding carboxylic acids is 2. The van der Waals surface area contributed by atoms with E-state index in [-0.39, 0.29) is 22.8 Å². The molecule has 30 heavy (non-hydrogen) atoms. The molecule has 0 bridgehead atoms.